The first-order chi connectivity index (χ1) is 14.8. The van der Waals surface area contributed by atoms with Gasteiger partial charge in [0.25, 0.3) is 0 Å². The topological polar surface area (TPSA) is 78.9 Å². The lowest BCUT2D eigenvalue weighted by molar-refractivity contribution is -0.131. The number of carbonyl (C=O) groups is 2. The Bertz CT molecular complexity index is 935. The summed E-state index contributed by atoms with van der Waals surface area (Å²) in [7, 11) is 7.03. The Hall–Kier alpha value is -3.07. The van der Waals surface area contributed by atoms with E-state index in [1.807, 2.05) is 25.1 Å². The van der Waals surface area contributed by atoms with Crippen LogP contribution in [0.1, 0.15) is 30.3 Å². The van der Waals surface area contributed by atoms with Gasteiger partial charge in [-0.15, -0.1) is 0 Å². The number of rotatable bonds is 8. The molecule has 1 aliphatic heterocycles. The minimum Gasteiger partial charge on any atom is -0.384 e. The maximum absolute atomic E-state index is 13.2. The number of methoxy groups -OCH3 is 1. The molecule has 3 rings (SSSR count). The third-order valence-corrected chi connectivity index (χ3v) is 5.24. The Morgan fingerprint density at radius 3 is 2.58 bits per heavy atom. The number of anilines is 2. The van der Waals surface area contributed by atoms with Crippen molar-refractivity contribution in [3.8, 4) is 0 Å². The van der Waals surface area contributed by atoms with Crippen molar-refractivity contribution in [1.82, 2.24) is 14.9 Å². The molecule has 1 saturated heterocycles. The molecule has 0 saturated carbocycles. The van der Waals surface area contributed by atoms with Gasteiger partial charge in [-0.25, -0.2) is 14.4 Å². The summed E-state index contributed by atoms with van der Waals surface area (Å²) in [5.41, 5.74) is 1.42. The van der Waals surface area contributed by atoms with Gasteiger partial charge >= 0.3 is 0 Å². The van der Waals surface area contributed by atoms with Gasteiger partial charge in [-0.3, -0.25) is 9.59 Å². The van der Waals surface area contributed by atoms with Crippen LogP contribution in [-0.2, 0) is 20.9 Å². The van der Waals surface area contributed by atoms with Crippen molar-refractivity contribution in [2.75, 3.05) is 51.2 Å². The Balaban J connectivity index is 1.81. The molecule has 1 fully saturated rings. The predicted molar refractivity (Wildman–Crippen MR) is 115 cm³/mol. The van der Waals surface area contributed by atoms with Crippen LogP contribution in [0.3, 0.4) is 0 Å². The average Bonchev–Trinajstić information content (AvgIpc) is 3.13. The summed E-state index contributed by atoms with van der Waals surface area (Å²) < 4.78 is 18.2. The summed E-state index contributed by atoms with van der Waals surface area (Å²) in [4.78, 5) is 39.2. The van der Waals surface area contributed by atoms with Crippen molar-refractivity contribution in [1.29, 1.82) is 0 Å². The molecule has 1 aromatic heterocycles. The van der Waals surface area contributed by atoms with Crippen LogP contribution in [0.25, 0.3) is 0 Å². The summed E-state index contributed by atoms with van der Waals surface area (Å²) in [5, 5.41) is 0. The standard InChI is InChI=1S/C22H28FN5O3/c1-26(2)20-12-18(24-19(25-20)14-27(3)21(29)9-10-31-4)15-11-22(30)28(13-15)17-7-5-16(23)6-8-17/h5-8,12,15H,9-11,13-14H2,1-4H3. The number of ether oxygens (including phenoxy) is 1. The normalized spacial score (nSPS) is 16.0. The summed E-state index contributed by atoms with van der Waals surface area (Å²) in [6.07, 6.45) is 0.598. The quantitative estimate of drug-likeness (QED) is 0.640. The van der Waals surface area contributed by atoms with Crippen LogP contribution in [0.4, 0.5) is 15.9 Å². The van der Waals surface area contributed by atoms with Gasteiger partial charge in [0.05, 0.1) is 25.3 Å². The molecule has 1 aliphatic rings. The second-order valence-electron chi connectivity index (χ2n) is 7.84. The molecule has 8 nitrogen and oxygen atoms in total. The van der Waals surface area contributed by atoms with E-state index in [2.05, 4.69) is 9.97 Å². The van der Waals surface area contributed by atoms with Gasteiger partial charge < -0.3 is 19.4 Å². The molecule has 1 unspecified atom stereocenters. The highest BCUT2D eigenvalue weighted by molar-refractivity contribution is 5.96. The fourth-order valence-corrected chi connectivity index (χ4v) is 3.47. The number of halogens is 1. The number of amides is 2. The van der Waals surface area contributed by atoms with Crippen LogP contribution in [-0.4, -0.2) is 68.1 Å². The zero-order valence-electron chi connectivity index (χ0n) is 18.3. The maximum Gasteiger partial charge on any atom is 0.227 e. The zero-order valence-corrected chi connectivity index (χ0v) is 18.3. The van der Waals surface area contributed by atoms with Crippen LogP contribution in [0.5, 0.6) is 0 Å². The first-order valence-corrected chi connectivity index (χ1v) is 10.1. The number of carbonyl (C=O) groups excluding carboxylic acids is 2. The lowest BCUT2D eigenvalue weighted by Crippen LogP contribution is -2.28. The number of nitrogens with zero attached hydrogens (tertiary/aromatic N) is 5. The first kappa shape index (κ1) is 22.6. The molecular weight excluding hydrogens is 401 g/mol. The highest BCUT2D eigenvalue weighted by Gasteiger charge is 2.33. The van der Waals surface area contributed by atoms with Crippen molar-refractivity contribution in [2.24, 2.45) is 0 Å². The van der Waals surface area contributed by atoms with Crippen molar-refractivity contribution >= 4 is 23.3 Å². The van der Waals surface area contributed by atoms with Crippen LogP contribution < -0.4 is 9.80 Å². The Morgan fingerprint density at radius 1 is 1.23 bits per heavy atom. The van der Waals surface area contributed by atoms with Crippen molar-refractivity contribution in [3.05, 3.63) is 47.7 Å². The van der Waals surface area contributed by atoms with E-state index in [1.165, 1.54) is 12.1 Å². The fourth-order valence-electron chi connectivity index (χ4n) is 3.47. The van der Waals surface area contributed by atoms with Crippen molar-refractivity contribution < 1.29 is 18.7 Å². The van der Waals surface area contributed by atoms with Gasteiger partial charge in [0, 0.05) is 58.9 Å². The Morgan fingerprint density at radius 2 is 1.94 bits per heavy atom. The molecule has 1 aromatic carbocycles. The highest BCUT2D eigenvalue weighted by atomic mass is 19.1. The Kier molecular flexibility index (Phi) is 7.17. The second kappa shape index (κ2) is 9.82. The van der Waals surface area contributed by atoms with Gasteiger partial charge in [-0.05, 0) is 24.3 Å². The van der Waals surface area contributed by atoms with Crippen molar-refractivity contribution in [2.45, 2.75) is 25.3 Å². The summed E-state index contributed by atoms with van der Waals surface area (Å²) in [6.45, 7) is 1.08. The van der Waals surface area contributed by atoms with Crippen molar-refractivity contribution in [3.63, 3.8) is 0 Å². The smallest absolute Gasteiger partial charge is 0.227 e. The second-order valence-corrected chi connectivity index (χ2v) is 7.84. The minimum atomic E-state index is -0.341. The van der Waals surface area contributed by atoms with E-state index in [0.29, 0.717) is 36.9 Å². The van der Waals surface area contributed by atoms with E-state index in [1.54, 1.807) is 36.1 Å². The number of aromatic nitrogens is 2. The number of hydrogen-bond donors (Lipinski definition) is 0. The molecule has 2 amide bonds. The lowest BCUT2D eigenvalue weighted by atomic mass is 10.0. The van der Waals surface area contributed by atoms with Gasteiger partial charge in [0.15, 0.2) is 0 Å². The molecule has 0 radical (unpaired) electrons. The van der Waals surface area contributed by atoms with E-state index in [0.717, 1.165) is 5.69 Å². The average molecular weight is 429 g/mol. The monoisotopic (exact) mass is 429 g/mol. The van der Waals surface area contributed by atoms with E-state index in [-0.39, 0.29) is 36.5 Å². The van der Waals surface area contributed by atoms with Crippen LogP contribution >= 0.6 is 0 Å². The van der Waals surface area contributed by atoms with Gasteiger partial charge in [-0.1, -0.05) is 0 Å². The molecule has 0 bridgehead atoms. The van der Waals surface area contributed by atoms with Gasteiger partial charge in [0.2, 0.25) is 11.8 Å². The largest absolute Gasteiger partial charge is 0.384 e. The Labute approximate surface area is 181 Å². The molecule has 0 N–H and O–H groups in total. The molecule has 2 heterocycles. The number of benzene rings is 1. The van der Waals surface area contributed by atoms with E-state index < -0.39 is 0 Å². The molecule has 0 aliphatic carbocycles. The molecule has 9 heteroatoms. The van der Waals surface area contributed by atoms with Crippen LogP contribution in [0.15, 0.2) is 30.3 Å². The highest BCUT2D eigenvalue weighted by Crippen LogP contribution is 2.32. The SMILES string of the molecule is COCCC(=O)N(C)Cc1nc(C2CC(=O)N(c3ccc(F)cc3)C2)cc(N(C)C)n1. The van der Waals surface area contributed by atoms with Crippen LogP contribution in [0, 0.1) is 5.82 Å². The molecular formula is C22H28FN5O3. The third-order valence-electron chi connectivity index (χ3n) is 5.24. The molecule has 0 spiro atoms. The van der Waals surface area contributed by atoms with Gasteiger partial charge in [-0.2, -0.15) is 0 Å². The summed E-state index contributed by atoms with van der Waals surface area (Å²) in [6, 6.07) is 7.78. The van der Waals surface area contributed by atoms with E-state index in [9.17, 15) is 14.0 Å². The lowest BCUT2D eigenvalue weighted by Gasteiger charge is -2.20. The van der Waals surface area contributed by atoms with E-state index in [4.69, 9.17) is 4.74 Å². The van der Waals surface area contributed by atoms with Gasteiger partial charge in [0.1, 0.15) is 17.5 Å². The summed E-state index contributed by atoms with van der Waals surface area (Å²) in [5.74, 6) is 0.683. The zero-order chi connectivity index (χ0) is 22.5. The van der Waals surface area contributed by atoms with E-state index >= 15 is 0 Å². The fraction of sp³-hybridized carbons (Fsp3) is 0.455. The predicted octanol–water partition coefficient (Wildman–Crippen LogP) is 2.20. The maximum atomic E-state index is 13.2. The molecule has 166 valence electrons. The summed E-state index contributed by atoms with van der Waals surface area (Å²) >= 11 is 0. The van der Waals surface area contributed by atoms with Crippen LogP contribution in [0.2, 0.25) is 0 Å². The third kappa shape index (κ3) is 5.55. The minimum absolute atomic E-state index is 0.0324. The first-order valence-electron chi connectivity index (χ1n) is 10.1. The molecule has 2 aromatic rings. The molecule has 1 atom stereocenters. The molecule has 31 heavy (non-hydrogen) atoms. The number of hydrogen-bond acceptors (Lipinski definition) is 6.